The summed E-state index contributed by atoms with van der Waals surface area (Å²) in [6.45, 7) is 5.64. The molecule has 4 heteroatoms. The SMILES string of the molecule is c1cc(CCNCc2ccc(N3CCOCC3)cc2)cs1. The van der Waals surface area contributed by atoms with E-state index in [1.54, 1.807) is 11.3 Å². The highest BCUT2D eigenvalue weighted by Gasteiger charge is 2.10. The molecule has 1 saturated heterocycles. The lowest BCUT2D eigenvalue weighted by molar-refractivity contribution is 0.122. The summed E-state index contributed by atoms with van der Waals surface area (Å²) in [4.78, 5) is 2.39. The number of thiophene rings is 1. The fraction of sp³-hybridized carbons (Fsp3) is 0.412. The normalized spacial score (nSPS) is 15.3. The maximum absolute atomic E-state index is 5.39. The number of benzene rings is 1. The van der Waals surface area contributed by atoms with Gasteiger partial charge in [-0.3, -0.25) is 0 Å². The fourth-order valence-corrected chi connectivity index (χ4v) is 3.25. The van der Waals surface area contributed by atoms with Crippen LogP contribution in [-0.4, -0.2) is 32.8 Å². The Hall–Kier alpha value is -1.36. The molecule has 0 aliphatic carbocycles. The average molecular weight is 302 g/mol. The number of nitrogens with zero attached hydrogens (tertiary/aromatic N) is 1. The number of hydrogen-bond acceptors (Lipinski definition) is 4. The summed E-state index contributed by atoms with van der Waals surface area (Å²) in [6, 6.07) is 11.1. The van der Waals surface area contributed by atoms with E-state index in [1.807, 2.05) is 0 Å². The number of morpholine rings is 1. The summed E-state index contributed by atoms with van der Waals surface area (Å²) < 4.78 is 5.39. The van der Waals surface area contributed by atoms with E-state index >= 15 is 0 Å². The summed E-state index contributed by atoms with van der Waals surface area (Å²) in [5.74, 6) is 0. The van der Waals surface area contributed by atoms with Crippen molar-refractivity contribution >= 4 is 17.0 Å². The van der Waals surface area contributed by atoms with Gasteiger partial charge in [-0.05, 0) is 53.1 Å². The summed E-state index contributed by atoms with van der Waals surface area (Å²) in [7, 11) is 0. The quantitative estimate of drug-likeness (QED) is 0.830. The lowest BCUT2D eigenvalue weighted by atomic mass is 10.2. The Kier molecular flexibility index (Phi) is 5.27. The van der Waals surface area contributed by atoms with Crippen LogP contribution in [0.25, 0.3) is 0 Å². The molecule has 2 heterocycles. The van der Waals surface area contributed by atoms with Crippen LogP contribution in [0.4, 0.5) is 5.69 Å². The Labute approximate surface area is 130 Å². The summed E-state index contributed by atoms with van der Waals surface area (Å²) >= 11 is 1.77. The molecule has 3 nitrogen and oxygen atoms in total. The molecule has 0 amide bonds. The van der Waals surface area contributed by atoms with Crippen molar-refractivity contribution in [3.05, 3.63) is 52.2 Å². The highest BCUT2D eigenvalue weighted by molar-refractivity contribution is 7.07. The molecule has 0 spiro atoms. The Morgan fingerprint density at radius 3 is 2.57 bits per heavy atom. The van der Waals surface area contributed by atoms with E-state index in [2.05, 4.69) is 51.3 Å². The Balaban J connectivity index is 1.43. The molecule has 0 atom stereocenters. The van der Waals surface area contributed by atoms with E-state index in [4.69, 9.17) is 4.74 Å². The third-order valence-corrected chi connectivity index (χ3v) is 4.54. The van der Waals surface area contributed by atoms with Crippen molar-refractivity contribution in [2.75, 3.05) is 37.7 Å². The van der Waals surface area contributed by atoms with Gasteiger partial charge in [-0.15, -0.1) is 0 Å². The second-order valence-corrected chi connectivity index (χ2v) is 6.10. The standard InChI is InChI=1S/C17H22N2OS/c1-3-17(19-8-10-20-11-9-19)4-2-15(1)13-18-7-5-16-6-12-21-14-16/h1-4,6,12,14,18H,5,7-11,13H2. The van der Waals surface area contributed by atoms with E-state index < -0.39 is 0 Å². The first-order valence-electron chi connectivity index (χ1n) is 7.55. The zero-order valence-electron chi connectivity index (χ0n) is 12.3. The maximum atomic E-state index is 5.39. The molecular weight excluding hydrogens is 280 g/mol. The van der Waals surface area contributed by atoms with Crippen molar-refractivity contribution in [1.82, 2.24) is 5.32 Å². The van der Waals surface area contributed by atoms with Crippen LogP contribution < -0.4 is 10.2 Å². The van der Waals surface area contributed by atoms with Gasteiger partial charge in [-0.2, -0.15) is 11.3 Å². The highest BCUT2D eigenvalue weighted by Crippen LogP contribution is 2.16. The van der Waals surface area contributed by atoms with Crippen LogP contribution in [0.5, 0.6) is 0 Å². The molecule has 0 unspecified atom stereocenters. The number of anilines is 1. The predicted octanol–water partition coefficient (Wildman–Crippen LogP) is 2.92. The number of hydrogen-bond donors (Lipinski definition) is 1. The minimum Gasteiger partial charge on any atom is -0.378 e. The highest BCUT2D eigenvalue weighted by atomic mass is 32.1. The third kappa shape index (κ3) is 4.30. The molecule has 1 fully saturated rings. The molecule has 1 aliphatic heterocycles. The molecule has 21 heavy (non-hydrogen) atoms. The third-order valence-electron chi connectivity index (χ3n) is 3.81. The number of nitrogens with one attached hydrogen (secondary N) is 1. The van der Waals surface area contributed by atoms with Gasteiger partial charge in [0.25, 0.3) is 0 Å². The molecule has 1 aromatic heterocycles. The van der Waals surface area contributed by atoms with Crippen LogP contribution in [-0.2, 0) is 17.7 Å². The van der Waals surface area contributed by atoms with Crippen LogP contribution in [0.3, 0.4) is 0 Å². The van der Waals surface area contributed by atoms with Crippen molar-refractivity contribution in [3.8, 4) is 0 Å². The maximum Gasteiger partial charge on any atom is 0.0642 e. The van der Waals surface area contributed by atoms with Gasteiger partial charge < -0.3 is 15.0 Å². The van der Waals surface area contributed by atoms with Crippen LogP contribution in [0, 0.1) is 0 Å². The van der Waals surface area contributed by atoms with Crippen LogP contribution in [0.1, 0.15) is 11.1 Å². The van der Waals surface area contributed by atoms with Gasteiger partial charge >= 0.3 is 0 Å². The topological polar surface area (TPSA) is 24.5 Å². The first-order valence-corrected chi connectivity index (χ1v) is 8.49. The minimum atomic E-state index is 0.839. The average Bonchev–Trinajstić information content (AvgIpc) is 3.06. The smallest absolute Gasteiger partial charge is 0.0642 e. The molecule has 0 saturated carbocycles. The van der Waals surface area contributed by atoms with Crippen LogP contribution in [0.2, 0.25) is 0 Å². The zero-order chi connectivity index (χ0) is 14.3. The van der Waals surface area contributed by atoms with Crippen molar-refractivity contribution in [2.24, 2.45) is 0 Å². The van der Waals surface area contributed by atoms with Gasteiger partial charge in [-0.1, -0.05) is 12.1 Å². The molecule has 2 aromatic rings. The lowest BCUT2D eigenvalue weighted by Gasteiger charge is -2.28. The molecule has 112 valence electrons. The molecule has 3 rings (SSSR count). The first-order chi connectivity index (χ1) is 10.4. The summed E-state index contributed by atoms with van der Waals surface area (Å²) in [6.07, 6.45) is 1.11. The van der Waals surface area contributed by atoms with Gasteiger partial charge in [0.1, 0.15) is 0 Å². The predicted molar refractivity (Wildman–Crippen MR) is 89.2 cm³/mol. The first kappa shape index (κ1) is 14.6. The number of rotatable bonds is 6. The van der Waals surface area contributed by atoms with Gasteiger partial charge in [0.05, 0.1) is 13.2 Å². The minimum absolute atomic E-state index is 0.839. The monoisotopic (exact) mass is 302 g/mol. The van der Waals surface area contributed by atoms with Crippen LogP contribution >= 0.6 is 11.3 Å². The summed E-state index contributed by atoms with van der Waals surface area (Å²) in [5.41, 5.74) is 4.08. The van der Waals surface area contributed by atoms with Crippen molar-refractivity contribution in [2.45, 2.75) is 13.0 Å². The van der Waals surface area contributed by atoms with E-state index in [9.17, 15) is 0 Å². The molecule has 1 aliphatic rings. The van der Waals surface area contributed by atoms with Gasteiger partial charge in [-0.25, -0.2) is 0 Å². The van der Waals surface area contributed by atoms with E-state index in [-0.39, 0.29) is 0 Å². The molecular formula is C17H22N2OS. The van der Waals surface area contributed by atoms with E-state index in [0.717, 1.165) is 45.8 Å². The lowest BCUT2D eigenvalue weighted by Crippen LogP contribution is -2.36. The molecule has 0 radical (unpaired) electrons. The summed E-state index contributed by atoms with van der Waals surface area (Å²) in [5, 5.41) is 7.87. The van der Waals surface area contributed by atoms with E-state index in [0.29, 0.717) is 0 Å². The Bertz CT molecular complexity index is 518. The molecule has 0 bridgehead atoms. The van der Waals surface area contributed by atoms with Gasteiger partial charge in [0.2, 0.25) is 0 Å². The second-order valence-electron chi connectivity index (χ2n) is 5.32. The van der Waals surface area contributed by atoms with Crippen molar-refractivity contribution in [3.63, 3.8) is 0 Å². The molecule has 1 N–H and O–H groups in total. The van der Waals surface area contributed by atoms with Crippen molar-refractivity contribution < 1.29 is 4.74 Å². The van der Waals surface area contributed by atoms with E-state index in [1.165, 1.54) is 16.8 Å². The van der Waals surface area contributed by atoms with Crippen LogP contribution in [0.15, 0.2) is 41.1 Å². The molecule has 1 aromatic carbocycles. The van der Waals surface area contributed by atoms with Gasteiger partial charge in [0.15, 0.2) is 0 Å². The Morgan fingerprint density at radius 2 is 1.86 bits per heavy atom. The fourth-order valence-electron chi connectivity index (χ4n) is 2.55. The Morgan fingerprint density at radius 1 is 1.05 bits per heavy atom. The second kappa shape index (κ2) is 7.59. The van der Waals surface area contributed by atoms with Gasteiger partial charge in [0, 0.05) is 25.3 Å². The van der Waals surface area contributed by atoms with Crippen molar-refractivity contribution in [1.29, 1.82) is 0 Å². The largest absolute Gasteiger partial charge is 0.378 e. The zero-order valence-corrected chi connectivity index (χ0v) is 13.1. The number of ether oxygens (including phenoxy) is 1.